The predicted molar refractivity (Wildman–Crippen MR) is 191 cm³/mol. The summed E-state index contributed by atoms with van der Waals surface area (Å²) in [5.74, 6) is 0. The van der Waals surface area contributed by atoms with E-state index in [-0.39, 0.29) is 10.8 Å². The Hall–Kier alpha value is -5.72. The van der Waals surface area contributed by atoms with Gasteiger partial charge in [0.1, 0.15) is 0 Å². The van der Waals surface area contributed by atoms with Gasteiger partial charge in [-0.15, -0.1) is 0 Å². The molecule has 0 aliphatic rings. The van der Waals surface area contributed by atoms with Gasteiger partial charge in [0.15, 0.2) is 0 Å². The van der Waals surface area contributed by atoms with Gasteiger partial charge in [0.25, 0.3) is 0 Å². The topological polar surface area (TPSA) is 0 Å². The van der Waals surface area contributed by atoms with Gasteiger partial charge in [0.05, 0.1) is 35.6 Å². The van der Waals surface area contributed by atoms with Crippen LogP contribution in [0.25, 0.3) is 97.7 Å². The van der Waals surface area contributed by atoms with Crippen LogP contribution in [0.5, 0.6) is 0 Å². The lowest BCUT2D eigenvalue weighted by molar-refractivity contribution is 1.70. The van der Waals surface area contributed by atoms with Crippen LogP contribution in [-0.2, 0) is 0 Å². The van der Waals surface area contributed by atoms with Gasteiger partial charge in [0.2, 0.25) is 0 Å². The molecule has 0 nitrogen and oxygen atoms in total. The summed E-state index contributed by atoms with van der Waals surface area (Å²) in [6.07, 6.45) is 0. The molecular weight excluding hydrogens is 528 g/mol. The van der Waals surface area contributed by atoms with Gasteiger partial charge in [-0.3, -0.25) is 0 Å². The second-order valence-electron chi connectivity index (χ2n) is 10.0. The molecule has 0 atom stereocenters. The van der Waals surface area contributed by atoms with Crippen molar-refractivity contribution in [2.75, 3.05) is 0 Å². The van der Waals surface area contributed by atoms with Crippen LogP contribution in [0.4, 0.5) is 0 Å². The zero-order valence-corrected chi connectivity index (χ0v) is 22.0. The molecule has 10 rings (SSSR count). The Bertz CT molecular complexity index is 4200. The Labute approximate surface area is 291 Å². The molecule has 0 bridgehead atoms. The van der Waals surface area contributed by atoms with Crippen LogP contribution < -0.4 is 0 Å². The average molecular weight is 581 g/mol. The lowest BCUT2D eigenvalue weighted by Crippen LogP contribution is -1.94. The Kier molecular flexibility index (Phi) is 2.00. The summed E-state index contributed by atoms with van der Waals surface area (Å²) in [4.78, 5) is 0. The number of hydrogen-bond acceptors (Lipinski definition) is 0. The summed E-state index contributed by atoms with van der Waals surface area (Å²) in [6.45, 7) is 0. The first-order valence-corrected chi connectivity index (χ1v) is 13.2. The van der Waals surface area contributed by atoms with Crippen LogP contribution in [0, 0.1) is 0 Å². The molecule has 0 aliphatic heterocycles. The lowest BCUT2D eigenvalue weighted by Gasteiger charge is -2.22. The fourth-order valence-electron chi connectivity index (χ4n) is 6.03. The monoisotopic (exact) mass is 580 g/mol. The van der Waals surface area contributed by atoms with Crippen molar-refractivity contribution >= 4 is 75.4 Å². The van der Waals surface area contributed by atoms with Crippen molar-refractivity contribution in [1.29, 1.82) is 0 Å². The third-order valence-corrected chi connectivity index (χ3v) is 7.81. The molecule has 0 radical (unpaired) electrons. The summed E-state index contributed by atoms with van der Waals surface area (Å²) in [5, 5.41) is -8.03. The van der Waals surface area contributed by atoms with E-state index in [0.717, 1.165) is 0 Å². The molecule has 44 heavy (non-hydrogen) atoms. The molecule has 202 valence electrons. The minimum Gasteiger partial charge on any atom is -0.0616 e. The average Bonchev–Trinajstić information content (AvgIpc) is 3.32. The van der Waals surface area contributed by atoms with Gasteiger partial charge in [-0.05, 0) is 97.7 Å². The second kappa shape index (κ2) is 8.89. The Balaban J connectivity index is 1.69. The quantitative estimate of drug-likeness (QED) is 0.141. The highest BCUT2D eigenvalue weighted by Gasteiger charge is 2.21. The lowest BCUT2D eigenvalue weighted by atomic mass is 9.81. The molecular formula is C44H26. The van der Waals surface area contributed by atoms with Gasteiger partial charge >= 0.3 is 0 Å². The normalized spacial score (nSPS) is 20.4. The van der Waals surface area contributed by atoms with Gasteiger partial charge in [0, 0.05) is 0 Å². The van der Waals surface area contributed by atoms with Gasteiger partial charge in [-0.25, -0.2) is 0 Å². The van der Waals surface area contributed by atoms with Crippen LogP contribution in [0.2, 0.25) is 0 Å². The third kappa shape index (κ3) is 3.17. The minimum absolute atomic E-state index is 0.320. The summed E-state index contributed by atoms with van der Waals surface area (Å²) in [6, 6.07) is -23.1. The molecule has 0 aromatic heterocycles. The smallest absolute Gasteiger partial charge is 0.0616 e. The van der Waals surface area contributed by atoms with E-state index in [1.165, 1.54) is 0 Å². The Morgan fingerprint density at radius 3 is 1.52 bits per heavy atom. The predicted octanol–water partition coefficient (Wildman–Crippen LogP) is 12.5. The highest BCUT2D eigenvalue weighted by atomic mass is 14.2. The molecule has 10 aromatic rings. The van der Waals surface area contributed by atoms with Crippen LogP contribution in [0.1, 0.15) is 35.6 Å². The molecule has 0 saturated heterocycles. The molecule has 10 aromatic carbocycles. The minimum atomic E-state index is -0.991. The SMILES string of the molecule is [2H]c1c([2H])c([2H])c2c(-c3c4c([2H])c([2H])c([2H])c([2H])c4c(-c4c([2H])c([2H])c5c([2H])c([2H])c6c([2H])c([2H])c([2H])c7c([2H])c([2H])c4c5c67)c4c3c([2H])c([2H])c3c([2H])c([2H])c([2H])c([2H])c34)c([2H])c([2H])c([2H])c2c1[2H]. The van der Waals surface area contributed by atoms with E-state index >= 15 is 0 Å². The van der Waals surface area contributed by atoms with Crippen LogP contribution >= 0.6 is 0 Å². The maximum absolute atomic E-state index is 9.79. The van der Waals surface area contributed by atoms with Crippen molar-refractivity contribution in [2.24, 2.45) is 0 Å². The number of rotatable bonds is 2. The summed E-state index contributed by atoms with van der Waals surface area (Å²) >= 11 is 0. The molecule has 0 heterocycles. The zero-order chi connectivity index (χ0) is 51.4. The molecule has 0 aliphatic carbocycles. The van der Waals surface area contributed by atoms with Gasteiger partial charge in [-0.2, -0.15) is 0 Å². The van der Waals surface area contributed by atoms with E-state index in [2.05, 4.69) is 0 Å². The van der Waals surface area contributed by atoms with Crippen molar-refractivity contribution in [1.82, 2.24) is 0 Å². The van der Waals surface area contributed by atoms with Crippen LogP contribution in [0.15, 0.2) is 157 Å². The molecule has 0 heteroatoms. The van der Waals surface area contributed by atoms with Crippen molar-refractivity contribution in [2.45, 2.75) is 0 Å². The second-order valence-corrected chi connectivity index (χ2v) is 10.0. The maximum Gasteiger partial charge on any atom is 0.0630 e. The third-order valence-electron chi connectivity index (χ3n) is 7.81. The first-order chi connectivity index (χ1) is 32.7. The molecule has 0 amide bonds. The van der Waals surface area contributed by atoms with E-state index in [9.17, 15) is 13.7 Å². The number of hydrogen-bond donors (Lipinski definition) is 0. The van der Waals surface area contributed by atoms with Crippen molar-refractivity contribution < 1.29 is 35.6 Å². The van der Waals surface area contributed by atoms with E-state index in [4.69, 9.17) is 21.9 Å². The zero-order valence-electron chi connectivity index (χ0n) is 48.0. The molecule has 0 saturated carbocycles. The number of benzene rings is 10. The molecule has 0 unspecified atom stereocenters. The van der Waals surface area contributed by atoms with E-state index < -0.39 is 244 Å². The Morgan fingerprint density at radius 1 is 0.250 bits per heavy atom. The summed E-state index contributed by atoms with van der Waals surface area (Å²) < 4.78 is 237. The largest absolute Gasteiger partial charge is 0.0630 e. The van der Waals surface area contributed by atoms with Gasteiger partial charge < -0.3 is 0 Å². The Morgan fingerprint density at radius 2 is 0.727 bits per heavy atom. The maximum atomic E-state index is 9.79. The highest BCUT2D eigenvalue weighted by molar-refractivity contribution is 6.33. The first kappa shape index (κ1) is 9.91. The van der Waals surface area contributed by atoms with E-state index in [0.29, 0.717) is 0 Å². The highest BCUT2D eigenvalue weighted by Crippen LogP contribution is 2.49. The summed E-state index contributed by atoms with van der Waals surface area (Å²) in [5.41, 5.74) is -2.79. The number of fused-ring (bicyclic) bond motifs is 5. The van der Waals surface area contributed by atoms with Crippen LogP contribution in [0.3, 0.4) is 0 Å². The molecule has 0 spiro atoms. The van der Waals surface area contributed by atoms with E-state index in [1.807, 2.05) is 0 Å². The van der Waals surface area contributed by atoms with Crippen molar-refractivity contribution in [3.05, 3.63) is 157 Å². The first-order valence-electron chi connectivity index (χ1n) is 26.2. The van der Waals surface area contributed by atoms with Gasteiger partial charge in [-0.1, -0.05) is 157 Å². The van der Waals surface area contributed by atoms with Crippen LogP contribution in [-0.4, -0.2) is 0 Å². The van der Waals surface area contributed by atoms with E-state index in [1.54, 1.807) is 0 Å². The molecule has 0 N–H and O–H groups in total. The van der Waals surface area contributed by atoms with Crippen molar-refractivity contribution in [3.63, 3.8) is 0 Å². The standard InChI is InChI=1S/C44H26/c1-3-14-32-27(9-1)11-8-18-34(32)42-35-16-5-6-17-36(35)44(43-33-15-4-2-10-28(33)21-26-39(42)43)38-25-23-31-20-19-29-12-7-13-30-22-24-37(38)41(31)40(29)30/h1-26H/i1D,2D,3D,4D,5D,6D,7D,8D,9D,10D,11D,12D,13D,14D,15D,16D,17D,18D,19D,20D,21D,22D,23D,24D,25D,26D. The van der Waals surface area contributed by atoms with Crippen molar-refractivity contribution in [3.8, 4) is 22.3 Å². The fourth-order valence-corrected chi connectivity index (χ4v) is 6.03. The molecule has 0 fully saturated rings. The fraction of sp³-hybridized carbons (Fsp3) is 0. The summed E-state index contributed by atoms with van der Waals surface area (Å²) in [7, 11) is 0.